The Morgan fingerprint density at radius 2 is 1.89 bits per heavy atom. The first-order valence-electron chi connectivity index (χ1n) is 6.27. The van der Waals surface area contributed by atoms with Gasteiger partial charge in [-0.05, 0) is 17.4 Å². The van der Waals surface area contributed by atoms with Gasteiger partial charge in [0.15, 0.2) is 0 Å². The van der Waals surface area contributed by atoms with Gasteiger partial charge in [0, 0.05) is 0 Å². The third-order valence-corrected chi connectivity index (χ3v) is 2.88. The average Bonchev–Trinajstić information content (AvgIpc) is 2.27. The topological polar surface area (TPSA) is 46.5 Å². The van der Waals surface area contributed by atoms with E-state index in [1.54, 1.807) is 0 Å². The molecule has 1 aromatic rings. The summed E-state index contributed by atoms with van der Waals surface area (Å²) < 4.78 is 5.74. The minimum atomic E-state index is -0.811. The lowest BCUT2D eigenvalue weighted by molar-refractivity contribution is -0.142. The minimum absolute atomic E-state index is 0.0539. The highest BCUT2D eigenvalue weighted by atomic mass is 16.5. The molecule has 0 aliphatic rings. The second-order valence-electron chi connectivity index (χ2n) is 5.56. The third kappa shape index (κ3) is 5.32. The van der Waals surface area contributed by atoms with E-state index in [2.05, 4.69) is 0 Å². The Labute approximate surface area is 109 Å². The molecule has 0 bridgehead atoms. The van der Waals surface area contributed by atoms with Crippen LogP contribution in [0, 0.1) is 5.41 Å². The molecule has 0 radical (unpaired) electrons. The highest BCUT2D eigenvalue weighted by molar-refractivity contribution is 5.67. The van der Waals surface area contributed by atoms with E-state index in [1.807, 2.05) is 51.1 Å². The molecule has 0 aliphatic heterocycles. The summed E-state index contributed by atoms with van der Waals surface area (Å²) in [6, 6.07) is 10.1. The van der Waals surface area contributed by atoms with Crippen LogP contribution in [0.25, 0.3) is 0 Å². The van der Waals surface area contributed by atoms with Crippen LogP contribution >= 0.6 is 0 Å². The smallest absolute Gasteiger partial charge is 0.306 e. The molecule has 0 fully saturated rings. The van der Waals surface area contributed by atoms with Crippen molar-refractivity contribution >= 4 is 5.97 Å². The molecule has 0 aliphatic carbocycles. The Balaban J connectivity index is 2.45. The van der Waals surface area contributed by atoms with E-state index >= 15 is 0 Å². The molecule has 0 amide bonds. The van der Waals surface area contributed by atoms with E-state index in [1.165, 1.54) is 5.56 Å². The zero-order valence-electron chi connectivity index (χ0n) is 11.3. The van der Waals surface area contributed by atoms with Crippen molar-refractivity contribution in [2.24, 2.45) is 5.41 Å². The standard InChI is InChI=1S/C15H22O3/c1-15(2,3)13(11-14(16)17)18-10-9-12-7-5-4-6-8-12/h4-8,13H,9-11H2,1-3H3,(H,16,17). The molecule has 0 spiro atoms. The van der Waals surface area contributed by atoms with E-state index in [0.717, 1.165) is 6.42 Å². The van der Waals surface area contributed by atoms with Gasteiger partial charge in [-0.3, -0.25) is 4.79 Å². The van der Waals surface area contributed by atoms with Gasteiger partial charge in [0.1, 0.15) is 0 Å². The Bertz CT molecular complexity index is 365. The third-order valence-electron chi connectivity index (χ3n) is 2.88. The maximum atomic E-state index is 10.8. The van der Waals surface area contributed by atoms with Crippen LogP contribution in [0.3, 0.4) is 0 Å². The molecular weight excluding hydrogens is 228 g/mol. The normalized spacial score (nSPS) is 13.3. The van der Waals surface area contributed by atoms with E-state index in [9.17, 15) is 4.79 Å². The maximum absolute atomic E-state index is 10.8. The predicted octanol–water partition coefficient (Wildman–Crippen LogP) is 3.14. The summed E-state index contributed by atoms with van der Waals surface area (Å²) in [5, 5.41) is 8.88. The van der Waals surface area contributed by atoms with Crippen LogP contribution in [-0.2, 0) is 16.0 Å². The van der Waals surface area contributed by atoms with Crippen molar-refractivity contribution in [1.82, 2.24) is 0 Å². The number of hydrogen-bond donors (Lipinski definition) is 1. The van der Waals surface area contributed by atoms with Gasteiger partial charge in [0.25, 0.3) is 0 Å². The van der Waals surface area contributed by atoms with Crippen LogP contribution in [0.1, 0.15) is 32.8 Å². The van der Waals surface area contributed by atoms with Crippen LogP contribution in [0.2, 0.25) is 0 Å². The summed E-state index contributed by atoms with van der Waals surface area (Å²) >= 11 is 0. The zero-order valence-corrected chi connectivity index (χ0v) is 11.3. The number of benzene rings is 1. The molecule has 100 valence electrons. The highest BCUT2D eigenvalue weighted by Crippen LogP contribution is 2.25. The monoisotopic (exact) mass is 250 g/mol. The number of carbonyl (C=O) groups is 1. The van der Waals surface area contributed by atoms with Crippen molar-refractivity contribution in [3.63, 3.8) is 0 Å². The molecular formula is C15H22O3. The lowest BCUT2D eigenvalue weighted by Crippen LogP contribution is -2.32. The quantitative estimate of drug-likeness (QED) is 0.843. The van der Waals surface area contributed by atoms with E-state index in [4.69, 9.17) is 9.84 Å². The molecule has 3 nitrogen and oxygen atoms in total. The fourth-order valence-electron chi connectivity index (χ4n) is 1.74. The van der Waals surface area contributed by atoms with Crippen molar-refractivity contribution in [2.45, 2.75) is 39.7 Å². The van der Waals surface area contributed by atoms with Crippen LogP contribution in [0.5, 0.6) is 0 Å². The van der Waals surface area contributed by atoms with Crippen LogP contribution in [0.4, 0.5) is 0 Å². The molecule has 1 aromatic carbocycles. The molecule has 0 aromatic heterocycles. The van der Waals surface area contributed by atoms with Crippen molar-refractivity contribution < 1.29 is 14.6 Å². The lowest BCUT2D eigenvalue weighted by atomic mass is 9.87. The second-order valence-corrected chi connectivity index (χ2v) is 5.56. The lowest BCUT2D eigenvalue weighted by Gasteiger charge is -2.29. The number of ether oxygens (including phenoxy) is 1. The van der Waals surface area contributed by atoms with Gasteiger partial charge in [-0.1, -0.05) is 51.1 Å². The molecule has 0 saturated heterocycles. The van der Waals surface area contributed by atoms with Crippen molar-refractivity contribution in [1.29, 1.82) is 0 Å². The summed E-state index contributed by atoms with van der Waals surface area (Å²) in [5.74, 6) is -0.811. The van der Waals surface area contributed by atoms with Gasteiger partial charge in [-0.2, -0.15) is 0 Å². The van der Waals surface area contributed by atoms with Crippen molar-refractivity contribution in [3.05, 3.63) is 35.9 Å². The molecule has 1 atom stereocenters. The van der Waals surface area contributed by atoms with Crippen molar-refractivity contribution in [2.75, 3.05) is 6.61 Å². The summed E-state index contributed by atoms with van der Waals surface area (Å²) in [7, 11) is 0. The first kappa shape index (κ1) is 14.7. The Hall–Kier alpha value is -1.35. The molecule has 1 unspecified atom stereocenters. The predicted molar refractivity (Wildman–Crippen MR) is 71.6 cm³/mol. The van der Waals surface area contributed by atoms with Crippen molar-refractivity contribution in [3.8, 4) is 0 Å². The molecule has 0 heterocycles. The van der Waals surface area contributed by atoms with Gasteiger partial charge in [-0.15, -0.1) is 0 Å². The SMILES string of the molecule is CC(C)(C)C(CC(=O)O)OCCc1ccccc1. The fourth-order valence-corrected chi connectivity index (χ4v) is 1.74. The zero-order chi connectivity index (χ0) is 13.6. The Morgan fingerprint density at radius 3 is 2.39 bits per heavy atom. The Morgan fingerprint density at radius 1 is 1.28 bits per heavy atom. The second kappa shape index (κ2) is 6.55. The summed E-state index contributed by atoms with van der Waals surface area (Å²) in [6.45, 7) is 6.56. The van der Waals surface area contributed by atoms with Crippen LogP contribution in [0.15, 0.2) is 30.3 Å². The van der Waals surface area contributed by atoms with Gasteiger partial charge >= 0.3 is 5.97 Å². The maximum Gasteiger partial charge on any atom is 0.306 e. The number of hydrogen-bond acceptors (Lipinski definition) is 2. The fraction of sp³-hybridized carbons (Fsp3) is 0.533. The van der Waals surface area contributed by atoms with Crippen LogP contribution < -0.4 is 0 Å². The Kier molecular flexibility index (Phi) is 5.35. The average molecular weight is 250 g/mol. The van der Waals surface area contributed by atoms with E-state index < -0.39 is 5.97 Å². The van der Waals surface area contributed by atoms with Gasteiger partial charge < -0.3 is 9.84 Å². The molecule has 18 heavy (non-hydrogen) atoms. The van der Waals surface area contributed by atoms with Gasteiger partial charge in [0.05, 0.1) is 19.1 Å². The van der Waals surface area contributed by atoms with E-state index in [-0.39, 0.29) is 17.9 Å². The molecule has 3 heteroatoms. The van der Waals surface area contributed by atoms with E-state index in [0.29, 0.717) is 6.61 Å². The van der Waals surface area contributed by atoms with Gasteiger partial charge in [-0.25, -0.2) is 0 Å². The summed E-state index contributed by atoms with van der Waals surface area (Å²) in [5.41, 5.74) is 1.05. The first-order chi connectivity index (χ1) is 8.39. The molecule has 1 N–H and O–H groups in total. The first-order valence-corrected chi connectivity index (χ1v) is 6.27. The highest BCUT2D eigenvalue weighted by Gasteiger charge is 2.27. The minimum Gasteiger partial charge on any atom is -0.481 e. The van der Waals surface area contributed by atoms with Crippen LogP contribution in [-0.4, -0.2) is 23.8 Å². The number of carboxylic acid groups (broad SMARTS) is 1. The van der Waals surface area contributed by atoms with Gasteiger partial charge in [0.2, 0.25) is 0 Å². The number of carboxylic acids is 1. The number of rotatable bonds is 6. The summed E-state index contributed by atoms with van der Waals surface area (Å²) in [4.78, 5) is 10.8. The molecule has 0 saturated carbocycles. The number of aliphatic carboxylic acids is 1. The largest absolute Gasteiger partial charge is 0.481 e. The molecule has 1 rings (SSSR count). The summed E-state index contributed by atoms with van der Waals surface area (Å²) in [6.07, 6.45) is 0.615.